The summed E-state index contributed by atoms with van der Waals surface area (Å²) >= 11 is 0. The molecule has 0 saturated heterocycles. The summed E-state index contributed by atoms with van der Waals surface area (Å²) in [6.45, 7) is 8.17. The van der Waals surface area contributed by atoms with E-state index in [2.05, 4.69) is 30.1 Å². The van der Waals surface area contributed by atoms with Crippen LogP contribution in [0.15, 0.2) is 28.9 Å². The Hall–Kier alpha value is -1.31. The molecule has 0 aliphatic heterocycles. The summed E-state index contributed by atoms with van der Waals surface area (Å²) in [6.07, 6.45) is 8.53. The van der Waals surface area contributed by atoms with Crippen LogP contribution in [0.3, 0.4) is 0 Å². The summed E-state index contributed by atoms with van der Waals surface area (Å²) in [5.41, 5.74) is 2.18. The Morgan fingerprint density at radius 2 is 2.00 bits per heavy atom. The summed E-state index contributed by atoms with van der Waals surface area (Å²) in [5, 5.41) is 0. The molecule has 0 bridgehead atoms. The molecule has 1 saturated carbocycles. The Morgan fingerprint density at radius 3 is 2.56 bits per heavy atom. The van der Waals surface area contributed by atoms with Gasteiger partial charge in [0.1, 0.15) is 12.0 Å². The lowest BCUT2D eigenvalue weighted by molar-refractivity contribution is 0.521. The van der Waals surface area contributed by atoms with Gasteiger partial charge in [0, 0.05) is 6.92 Å². The van der Waals surface area contributed by atoms with E-state index in [9.17, 15) is 0 Å². The molecule has 3 rings (SSSR count). The number of fused-ring (bicyclic) bond motifs is 1. The predicted octanol–water partition coefficient (Wildman–Crippen LogP) is 3.84. The highest BCUT2D eigenvalue weighted by atomic mass is 16.3. The minimum atomic E-state index is 0.736. The molecule has 0 aromatic carbocycles. The number of nitrogens with zero attached hydrogens (tertiary/aromatic N) is 1. The van der Waals surface area contributed by atoms with Crippen LogP contribution < -0.4 is 0 Å². The number of rotatable bonds is 1. The van der Waals surface area contributed by atoms with Crippen LogP contribution in [-0.4, -0.2) is 4.98 Å². The van der Waals surface area contributed by atoms with Gasteiger partial charge in [0.15, 0.2) is 5.89 Å². The van der Waals surface area contributed by atoms with Crippen LogP contribution in [0.5, 0.6) is 0 Å². The molecule has 16 heavy (non-hydrogen) atoms. The van der Waals surface area contributed by atoms with Crippen molar-refractivity contribution >= 4 is 5.57 Å². The number of hydrogen-bond donors (Lipinski definition) is 0. The average Bonchev–Trinajstić information content (AvgIpc) is 2.75. The van der Waals surface area contributed by atoms with E-state index in [1.807, 2.05) is 20.8 Å². The normalized spacial score (nSPS) is 30.0. The largest absolute Gasteiger partial charge is 0.449 e. The van der Waals surface area contributed by atoms with E-state index in [-0.39, 0.29) is 0 Å². The quantitative estimate of drug-likeness (QED) is 0.714. The third kappa shape index (κ3) is 1.84. The van der Waals surface area contributed by atoms with Crippen LogP contribution in [-0.2, 0) is 0 Å². The van der Waals surface area contributed by atoms with Crippen molar-refractivity contribution < 1.29 is 4.42 Å². The molecule has 2 nitrogen and oxygen atoms in total. The second kappa shape index (κ2) is 4.28. The van der Waals surface area contributed by atoms with Gasteiger partial charge in [-0.25, -0.2) is 4.98 Å². The monoisotopic (exact) mass is 217 g/mol. The third-order valence-corrected chi connectivity index (χ3v) is 3.30. The van der Waals surface area contributed by atoms with Gasteiger partial charge in [-0.2, -0.15) is 0 Å². The minimum absolute atomic E-state index is 0.736. The van der Waals surface area contributed by atoms with Crippen LogP contribution >= 0.6 is 0 Å². The Kier molecular flexibility index (Phi) is 2.99. The number of allylic oxidation sites excluding steroid dienone is 4. The van der Waals surface area contributed by atoms with Crippen LogP contribution in [0.4, 0.5) is 0 Å². The van der Waals surface area contributed by atoms with Gasteiger partial charge in [-0.3, -0.25) is 0 Å². The fraction of sp³-hybridized carbons (Fsp3) is 0.500. The molecule has 0 amide bonds. The first-order valence-electron chi connectivity index (χ1n) is 6.08. The molecular formula is C14H19NO. The molecule has 3 unspecified atom stereocenters. The van der Waals surface area contributed by atoms with Crippen LogP contribution in [0, 0.1) is 24.7 Å². The Balaban J connectivity index is 0.000000457. The fourth-order valence-electron chi connectivity index (χ4n) is 2.24. The lowest BCUT2D eigenvalue weighted by Gasteiger charge is -2.00. The SMILES string of the molecule is CC.Cc1nc(C2=CC3C(C)C3C=C2)co1. The van der Waals surface area contributed by atoms with Gasteiger partial charge in [-0.05, 0) is 23.3 Å². The Labute approximate surface area is 97.1 Å². The third-order valence-electron chi connectivity index (χ3n) is 3.30. The van der Waals surface area contributed by atoms with Gasteiger partial charge in [0.05, 0.1) is 0 Å². The van der Waals surface area contributed by atoms with Crippen molar-refractivity contribution in [1.82, 2.24) is 4.98 Å². The van der Waals surface area contributed by atoms with Crippen molar-refractivity contribution in [2.75, 3.05) is 0 Å². The number of aromatic nitrogens is 1. The van der Waals surface area contributed by atoms with Crippen molar-refractivity contribution in [3.8, 4) is 0 Å². The van der Waals surface area contributed by atoms with Crippen molar-refractivity contribution in [3.63, 3.8) is 0 Å². The molecule has 0 N–H and O–H groups in total. The van der Waals surface area contributed by atoms with Gasteiger partial charge in [0.25, 0.3) is 0 Å². The maximum absolute atomic E-state index is 5.21. The van der Waals surface area contributed by atoms with Crippen LogP contribution in [0.25, 0.3) is 5.57 Å². The first-order chi connectivity index (χ1) is 7.75. The average molecular weight is 217 g/mol. The molecule has 0 spiro atoms. The van der Waals surface area contributed by atoms with Crippen molar-refractivity contribution in [2.45, 2.75) is 27.7 Å². The Morgan fingerprint density at radius 1 is 1.25 bits per heavy atom. The number of hydrogen-bond acceptors (Lipinski definition) is 2. The van der Waals surface area contributed by atoms with Crippen molar-refractivity contribution in [2.24, 2.45) is 17.8 Å². The molecule has 0 radical (unpaired) electrons. The zero-order chi connectivity index (χ0) is 11.7. The van der Waals surface area contributed by atoms with Crippen molar-refractivity contribution in [1.29, 1.82) is 0 Å². The van der Waals surface area contributed by atoms with E-state index in [0.717, 1.165) is 29.3 Å². The molecule has 1 heterocycles. The number of oxazole rings is 1. The van der Waals surface area contributed by atoms with E-state index in [4.69, 9.17) is 4.42 Å². The first-order valence-corrected chi connectivity index (χ1v) is 6.08. The lowest BCUT2D eigenvalue weighted by Crippen LogP contribution is -1.88. The molecule has 1 fully saturated rings. The molecular weight excluding hydrogens is 198 g/mol. The van der Waals surface area contributed by atoms with E-state index in [1.54, 1.807) is 6.26 Å². The highest BCUT2D eigenvalue weighted by Gasteiger charge is 2.44. The highest BCUT2D eigenvalue weighted by molar-refractivity contribution is 5.73. The van der Waals surface area contributed by atoms with E-state index < -0.39 is 0 Å². The molecule has 1 aromatic rings. The Bertz CT molecular complexity index is 428. The first kappa shape index (κ1) is 11.2. The molecule has 2 aliphatic rings. The van der Waals surface area contributed by atoms with Gasteiger partial charge >= 0.3 is 0 Å². The maximum Gasteiger partial charge on any atom is 0.191 e. The summed E-state index contributed by atoms with van der Waals surface area (Å²) in [6, 6.07) is 0. The van der Waals surface area contributed by atoms with Crippen LogP contribution in [0.2, 0.25) is 0 Å². The maximum atomic E-state index is 5.21. The zero-order valence-electron chi connectivity index (χ0n) is 10.4. The smallest absolute Gasteiger partial charge is 0.191 e. The van der Waals surface area contributed by atoms with E-state index in [1.165, 1.54) is 5.57 Å². The number of aryl methyl sites for hydroxylation is 1. The molecule has 1 aromatic heterocycles. The summed E-state index contributed by atoms with van der Waals surface area (Å²) < 4.78 is 5.21. The van der Waals surface area contributed by atoms with Gasteiger partial charge in [-0.15, -0.1) is 0 Å². The van der Waals surface area contributed by atoms with Gasteiger partial charge in [-0.1, -0.05) is 39.0 Å². The van der Waals surface area contributed by atoms with Gasteiger partial charge < -0.3 is 4.42 Å². The molecule has 86 valence electrons. The standard InChI is InChI=1S/C12H13NO.C2H6/c1-7-10-4-3-9(5-11(7)10)12-6-14-8(2)13-12;1-2/h3-7,10-11H,1-2H3;1-2H3. The van der Waals surface area contributed by atoms with Crippen molar-refractivity contribution in [3.05, 3.63) is 36.1 Å². The lowest BCUT2D eigenvalue weighted by atomic mass is 10.1. The summed E-state index contributed by atoms with van der Waals surface area (Å²) in [7, 11) is 0. The molecule has 2 aliphatic carbocycles. The second-order valence-corrected chi connectivity index (χ2v) is 4.25. The highest BCUT2D eigenvalue weighted by Crippen LogP contribution is 2.51. The second-order valence-electron chi connectivity index (χ2n) is 4.25. The molecule has 2 heteroatoms. The van der Waals surface area contributed by atoms with Crippen LogP contribution in [0.1, 0.15) is 32.4 Å². The predicted molar refractivity (Wildman–Crippen MR) is 65.8 cm³/mol. The van der Waals surface area contributed by atoms with E-state index in [0.29, 0.717) is 0 Å². The van der Waals surface area contributed by atoms with Gasteiger partial charge in [0.2, 0.25) is 0 Å². The fourth-order valence-corrected chi connectivity index (χ4v) is 2.24. The summed E-state index contributed by atoms with van der Waals surface area (Å²) in [4.78, 5) is 4.33. The minimum Gasteiger partial charge on any atom is -0.449 e. The topological polar surface area (TPSA) is 26.0 Å². The molecule has 3 atom stereocenters. The van der Waals surface area contributed by atoms with E-state index >= 15 is 0 Å². The zero-order valence-corrected chi connectivity index (χ0v) is 10.4. The summed E-state index contributed by atoms with van der Waals surface area (Å²) in [5.74, 6) is 3.08.